The first kappa shape index (κ1) is 17.7. The first-order valence-corrected chi connectivity index (χ1v) is 8.61. The normalized spacial score (nSPS) is 15.9. The molecule has 144 valence electrons. The van der Waals surface area contributed by atoms with Crippen molar-refractivity contribution in [2.24, 2.45) is 0 Å². The second-order valence-corrected chi connectivity index (χ2v) is 6.36. The zero-order valence-corrected chi connectivity index (χ0v) is 14.7. The predicted octanol–water partition coefficient (Wildman–Crippen LogP) is 0.167. The Morgan fingerprint density at radius 3 is 2.61 bits per heavy atom. The van der Waals surface area contributed by atoms with Crippen LogP contribution in [0.25, 0.3) is 5.69 Å². The first-order valence-electron chi connectivity index (χ1n) is 8.61. The zero-order chi connectivity index (χ0) is 19.8. The number of hydrogen-bond acceptors (Lipinski definition) is 6. The highest BCUT2D eigenvalue weighted by Crippen LogP contribution is 2.24. The molecule has 2 aromatic rings. The fraction of sp³-hybridized carbons (Fsp3) is 0.222. The third-order valence-corrected chi connectivity index (χ3v) is 4.61. The van der Waals surface area contributed by atoms with Crippen LogP contribution < -0.4 is 21.9 Å². The maximum Gasteiger partial charge on any atom is 0.322 e. The van der Waals surface area contributed by atoms with Gasteiger partial charge in [-0.1, -0.05) is 6.07 Å². The molecule has 0 bridgehead atoms. The van der Waals surface area contributed by atoms with Gasteiger partial charge in [0.05, 0.1) is 30.0 Å². The number of pyridine rings is 1. The second kappa shape index (κ2) is 6.82. The minimum Gasteiger partial charge on any atom is -0.384 e. The van der Waals surface area contributed by atoms with E-state index in [4.69, 9.17) is 10.5 Å². The number of nitrogens with one attached hydrogen (secondary N) is 2. The standard InChI is InChI=1S/C18H17N5O5/c19-15-14-12(16(25)21-17(14)26)9-13(24)23(15)11-3-1-2-10(8-11)20-18(27)22-4-6-28-7-5-22/h1-3,8-9H,4-7,19H2,(H,20,27)(H,21,25,26). The molecule has 4 N–H and O–H groups in total. The van der Waals surface area contributed by atoms with Gasteiger partial charge < -0.3 is 20.7 Å². The van der Waals surface area contributed by atoms with E-state index in [1.807, 2.05) is 0 Å². The first-order chi connectivity index (χ1) is 13.5. The van der Waals surface area contributed by atoms with Crippen molar-refractivity contribution in [2.75, 3.05) is 37.4 Å². The Kier molecular flexibility index (Phi) is 4.32. The number of nitrogens with two attached hydrogens (primary N) is 1. The Bertz CT molecular complexity index is 1050. The summed E-state index contributed by atoms with van der Waals surface area (Å²) in [6, 6.07) is 7.30. The number of ether oxygens (including phenoxy) is 1. The molecule has 1 fully saturated rings. The maximum atomic E-state index is 12.5. The fourth-order valence-electron chi connectivity index (χ4n) is 3.24. The molecule has 4 rings (SSSR count). The van der Waals surface area contributed by atoms with Gasteiger partial charge in [-0.05, 0) is 18.2 Å². The molecule has 0 atom stereocenters. The smallest absolute Gasteiger partial charge is 0.322 e. The number of fused-ring (bicyclic) bond motifs is 1. The van der Waals surface area contributed by atoms with E-state index in [9.17, 15) is 19.2 Å². The van der Waals surface area contributed by atoms with Crippen molar-refractivity contribution in [3.8, 4) is 5.69 Å². The number of urea groups is 1. The van der Waals surface area contributed by atoms with Crippen molar-refractivity contribution in [1.82, 2.24) is 14.8 Å². The number of anilines is 2. The quantitative estimate of drug-likeness (QED) is 0.633. The van der Waals surface area contributed by atoms with E-state index in [0.717, 1.165) is 10.6 Å². The van der Waals surface area contributed by atoms with E-state index >= 15 is 0 Å². The summed E-state index contributed by atoms with van der Waals surface area (Å²) in [6.07, 6.45) is 0. The topological polar surface area (TPSA) is 136 Å². The lowest BCUT2D eigenvalue weighted by Crippen LogP contribution is -2.43. The lowest BCUT2D eigenvalue weighted by molar-refractivity contribution is 0.0564. The van der Waals surface area contributed by atoms with Crippen LogP contribution in [-0.2, 0) is 4.74 Å². The Morgan fingerprint density at radius 1 is 1.11 bits per heavy atom. The highest BCUT2D eigenvalue weighted by atomic mass is 16.5. The van der Waals surface area contributed by atoms with E-state index in [1.165, 1.54) is 0 Å². The van der Waals surface area contributed by atoms with Crippen LogP contribution in [-0.4, -0.2) is 53.6 Å². The number of benzene rings is 1. The van der Waals surface area contributed by atoms with Gasteiger partial charge in [0.15, 0.2) is 0 Å². The van der Waals surface area contributed by atoms with Crippen LogP contribution in [0.2, 0.25) is 0 Å². The Morgan fingerprint density at radius 2 is 1.86 bits per heavy atom. The average molecular weight is 383 g/mol. The molecule has 1 aromatic carbocycles. The van der Waals surface area contributed by atoms with E-state index in [-0.39, 0.29) is 23.0 Å². The largest absolute Gasteiger partial charge is 0.384 e. The van der Waals surface area contributed by atoms with Gasteiger partial charge in [-0.3, -0.25) is 24.3 Å². The number of aromatic nitrogens is 1. The van der Waals surface area contributed by atoms with Crippen LogP contribution in [0.3, 0.4) is 0 Å². The number of carbonyl (C=O) groups excluding carboxylic acids is 3. The molecule has 1 saturated heterocycles. The molecular weight excluding hydrogens is 366 g/mol. The number of carbonyl (C=O) groups is 3. The van der Waals surface area contributed by atoms with E-state index in [1.54, 1.807) is 29.2 Å². The highest BCUT2D eigenvalue weighted by Gasteiger charge is 2.31. The number of morpholine rings is 1. The molecule has 3 heterocycles. The molecule has 2 aliphatic rings. The van der Waals surface area contributed by atoms with Crippen LogP contribution in [0, 0.1) is 0 Å². The van der Waals surface area contributed by atoms with Crippen molar-refractivity contribution in [1.29, 1.82) is 0 Å². The van der Waals surface area contributed by atoms with Gasteiger partial charge in [0.25, 0.3) is 17.4 Å². The van der Waals surface area contributed by atoms with E-state index in [0.29, 0.717) is 37.7 Å². The number of imide groups is 1. The van der Waals surface area contributed by atoms with Gasteiger partial charge >= 0.3 is 6.03 Å². The molecule has 0 unspecified atom stereocenters. The molecule has 0 aliphatic carbocycles. The number of rotatable bonds is 2. The monoisotopic (exact) mass is 383 g/mol. The number of nitrogen functional groups attached to an aromatic ring is 1. The Labute approximate surface area is 158 Å². The molecule has 4 amide bonds. The summed E-state index contributed by atoms with van der Waals surface area (Å²) in [7, 11) is 0. The highest BCUT2D eigenvalue weighted by molar-refractivity contribution is 6.23. The summed E-state index contributed by atoms with van der Waals surface area (Å²) in [5.41, 5.74) is 6.21. The number of nitrogens with zero attached hydrogens (tertiary/aromatic N) is 2. The third kappa shape index (κ3) is 2.99. The van der Waals surface area contributed by atoms with Gasteiger partial charge in [-0.25, -0.2) is 4.79 Å². The Hall–Kier alpha value is -3.66. The molecule has 0 spiro atoms. The van der Waals surface area contributed by atoms with Crippen molar-refractivity contribution >= 4 is 29.4 Å². The lowest BCUT2D eigenvalue weighted by atomic mass is 10.1. The van der Waals surface area contributed by atoms with Crippen LogP contribution in [0.5, 0.6) is 0 Å². The minimum atomic E-state index is -0.650. The predicted molar refractivity (Wildman–Crippen MR) is 99.7 cm³/mol. The third-order valence-electron chi connectivity index (χ3n) is 4.61. The fourth-order valence-corrected chi connectivity index (χ4v) is 3.24. The molecule has 0 saturated carbocycles. The molecule has 10 heteroatoms. The summed E-state index contributed by atoms with van der Waals surface area (Å²) < 4.78 is 6.35. The lowest BCUT2D eigenvalue weighted by Gasteiger charge is -2.27. The van der Waals surface area contributed by atoms with Crippen molar-refractivity contribution in [3.05, 3.63) is 51.8 Å². The summed E-state index contributed by atoms with van der Waals surface area (Å²) in [4.78, 5) is 50.2. The van der Waals surface area contributed by atoms with Gasteiger partial charge in [0, 0.05) is 24.8 Å². The Balaban J connectivity index is 1.68. The van der Waals surface area contributed by atoms with E-state index < -0.39 is 17.4 Å². The zero-order valence-electron chi connectivity index (χ0n) is 14.7. The average Bonchev–Trinajstić information content (AvgIpc) is 2.96. The van der Waals surface area contributed by atoms with Crippen LogP contribution >= 0.6 is 0 Å². The van der Waals surface area contributed by atoms with Gasteiger partial charge in [0.2, 0.25) is 0 Å². The number of hydrogen-bond donors (Lipinski definition) is 3. The molecule has 28 heavy (non-hydrogen) atoms. The summed E-state index contributed by atoms with van der Waals surface area (Å²) in [5, 5.41) is 4.89. The summed E-state index contributed by atoms with van der Waals surface area (Å²) in [6.45, 7) is 1.95. The van der Waals surface area contributed by atoms with Gasteiger partial charge in [0.1, 0.15) is 5.82 Å². The van der Waals surface area contributed by atoms with Crippen LogP contribution in [0.1, 0.15) is 20.7 Å². The van der Waals surface area contributed by atoms with E-state index in [2.05, 4.69) is 10.6 Å². The maximum absolute atomic E-state index is 12.5. The molecule has 1 aromatic heterocycles. The van der Waals surface area contributed by atoms with Gasteiger partial charge in [-0.2, -0.15) is 0 Å². The SMILES string of the molecule is Nc1c2c(cc(=O)n1-c1cccc(NC(=O)N3CCOCC3)c1)C(=O)NC2=O. The van der Waals surface area contributed by atoms with Crippen molar-refractivity contribution in [2.45, 2.75) is 0 Å². The van der Waals surface area contributed by atoms with Gasteiger partial charge in [-0.15, -0.1) is 0 Å². The van der Waals surface area contributed by atoms with Crippen molar-refractivity contribution in [3.63, 3.8) is 0 Å². The second-order valence-electron chi connectivity index (χ2n) is 6.36. The van der Waals surface area contributed by atoms with Crippen LogP contribution in [0.15, 0.2) is 35.1 Å². The minimum absolute atomic E-state index is 0.0349. The number of amides is 4. The molecule has 2 aliphatic heterocycles. The molecule has 0 radical (unpaired) electrons. The summed E-state index contributed by atoms with van der Waals surface area (Å²) in [5.74, 6) is -1.44. The molecular formula is C18H17N5O5. The van der Waals surface area contributed by atoms with Crippen molar-refractivity contribution < 1.29 is 19.1 Å². The molecule has 10 nitrogen and oxygen atoms in total. The van der Waals surface area contributed by atoms with Crippen LogP contribution in [0.4, 0.5) is 16.3 Å². The summed E-state index contributed by atoms with van der Waals surface area (Å²) >= 11 is 0.